The van der Waals surface area contributed by atoms with Crippen LogP contribution in [0.15, 0.2) is 18.2 Å². The summed E-state index contributed by atoms with van der Waals surface area (Å²) in [5, 5.41) is 12.5. The van der Waals surface area contributed by atoms with Crippen molar-refractivity contribution in [3.05, 3.63) is 27.3 Å². The number of phenolic OH excluding ortho intramolecular Hbond substituents is 1. The predicted molar refractivity (Wildman–Crippen MR) is 85.0 cm³/mol. The molecule has 1 heterocycles. The van der Waals surface area contributed by atoms with Gasteiger partial charge >= 0.3 is 0 Å². The van der Waals surface area contributed by atoms with Crippen molar-refractivity contribution in [3.63, 3.8) is 0 Å². The Bertz CT molecular complexity index is 462. The number of ether oxygens (including phenoxy) is 1. The van der Waals surface area contributed by atoms with E-state index in [4.69, 9.17) is 4.74 Å². The fourth-order valence-electron chi connectivity index (χ4n) is 2.09. The van der Waals surface area contributed by atoms with Gasteiger partial charge in [0.15, 0.2) is 0 Å². The topological polar surface area (TPSA) is 61.8 Å². The van der Waals surface area contributed by atoms with Gasteiger partial charge in [-0.2, -0.15) is 0 Å². The molecule has 1 saturated heterocycles. The van der Waals surface area contributed by atoms with Crippen LogP contribution in [0.25, 0.3) is 0 Å². The van der Waals surface area contributed by atoms with Gasteiger partial charge in [0, 0.05) is 25.2 Å². The Balaban J connectivity index is 1.70. The second-order valence-electron chi connectivity index (χ2n) is 4.73. The third-order valence-corrected chi connectivity index (χ3v) is 4.16. The fourth-order valence-corrected chi connectivity index (χ4v) is 2.42. The normalized spacial score (nSPS) is 16.1. The van der Waals surface area contributed by atoms with Crippen LogP contribution in [0, 0.1) is 3.57 Å². The minimum Gasteiger partial charge on any atom is -0.507 e. The molecule has 0 aromatic heterocycles. The highest BCUT2D eigenvalue weighted by Crippen LogP contribution is 2.20. The molecule has 0 spiro atoms. The molecular weight excluding hydrogens is 371 g/mol. The summed E-state index contributed by atoms with van der Waals surface area (Å²) in [6, 6.07) is 4.95. The van der Waals surface area contributed by atoms with E-state index in [1.807, 2.05) is 22.6 Å². The molecule has 0 bridgehead atoms. The van der Waals surface area contributed by atoms with Gasteiger partial charge in [0.05, 0.1) is 16.8 Å². The van der Waals surface area contributed by atoms with Gasteiger partial charge in [-0.3, -0.25) is 9.69 Å². The molecule has 1 aliphatic heterocycles. The number of carbonyl (C=O) groups excluding carboxylic acids is 1. The van der Waals surface area contributed by atoms with Crippen molar-refractivity contribution in [1.82, 2.24) is 10.2 Å². The molecule has 5 nitrogen and oxygen atoms in total. The molecule has 0 saturated carbocycles. The molecule has 0 atom stereocenters. The predicted octanol–water partition coefficient (Wildman–Crippen LogP) is 1.45. The van der Waals surface area contributed by atoms with E-state index in [1.54, 1.807) is 12.1 Å². The Kier molecular flexibility index (Phi) is 6.06. The molecule has 0 aliphatic carbocycles. The summed E-state index contributed by atoms with van der Waals surface area (Å²) in [5.74, 6) is 0.00486. The maximum atomic E-state index is 11.9. The average Bonchev–Trinajstić information content (AvgIpc) is 2.47. The van der Waals surface area contributed by atoms with Crippen molar-refractivity contribution in [3.8, 4) is 5.75 Å². The quantitative estimate of drug-likeness (QED) is 0.590. The van der Waals surface area contributed by atoms with Crippen molar-refractivity contribution in [2.75, 3.05) is 39.4 Å². The zero-order valence-electron chi connectivity index (χ0n) is 11.3. The molecule has 0 radical (unpaired) electrons. The number of amides is 1. The van der Waals surface area contributed by atoms with Gasteiger partial charge in [-0.15, -0.1) is 0 Å². The van der Waals surface area contributed by atoms with Crippen molar-refractivity contribution in [2.24, 2.45) is 0 Å². The smallest absolute Gasteiger partial charge is 0.251 e. The van der Waals surface area contributed by atoms with Crippen molar-refractivity contribution in [2.45, 2.75) is 6.42 Å². The minimum absolute atomic E-state index is 0.140. The Hall–Kier alpha value is -0.860. The van der Waals surface area contributed by atoms with E-state index in [2.05, 4.69) is 10.2 Å². The fraction of sp³-hybridized carbons (Fsp3) is 0.500. The second kappa shape index (κ2) is 7.80. The molecule has 1 aliphatic rings. The molecule has 20 heavy (non-hydrogen) atoms. The first-order valence-electron chi connectivity index (χ1n) is 6.73. The number of hydrogen-bond donors (Lipinski definition) is 2. The summed E-state index contributed by atoms with van der Waals surface area (Å²) >= 11 is 2.03. The number of morpholine rings is 1. The van der Waals surface area contributed by atoms with Gasteiger partial charge < -0.3 is 15.2 Å². The lowest BCUT2D eigenvalue weighted by Gasteiger charge is -2.26. The third-order valence-electron chi connectivity index (χ3n) is 3.25. The van der Waals surface area contributed by atoms with E-state index in [0.29, 0.717) is 12.1 Å². The Morgan fingerprint density at radius 1 is 1.40 bits per heavy atom. The number of halogens is 1. The van der Waals surface area contributed by atoms with E-state index in [9.17, 15) is 9.90 Å². The van der Waals surface area contributed by atoms with Crippen LogP contribution in [-0.2, 0) is 4.74 Å². The maximum Gasteiger partial charge on any atom is 0.251 e. The number of aromatic hydroxyl groups is 1. The first-order valence-corrected chi connectivity index (χ1v) is 7.81. The Morgan fingerprint density at radius 3 is 2.85 bits per heavy atom. The van der Waals surface area contributed by atoms with E-state index >= 15 is 0 Å². The summed E-state index contributed by atoms with van der Waals surface area (Å²) < 4.78 is 6.03. The lowest BCUT2D eigenvalue weighted by molar-refractivity contribution is 0.0374. The van der Waals surface area contributed by atoms with Crippen LogP contribution in [-0.4, -0.2) is 55.3 Å². The van der Waals surface area contributed by atoms with Crippen LogP contribution in [0.1, 0.15) is 16.8 Å². The van der Waals surface area contributed by atoms with Crippen LogP contribution >= 0.6 is 22.6 Å². The number of benzene rings is 1. The van der Waals surface area contributed by atoms with Gasteiger partial charge in [-0.25, -0.2) is 0 Å². The zero-order valence-corrected chi connectivity index (χ0v) is 13.4. The monoisotopic (exact) mass is 390 g/mol. The standard InChI is InChI=1S/C14H19IN2O3/c15-12-3-2-11(10-13(12)18)14(19)16-4-1-5-17-6-8-20-9-7-17/h2-3,10,18H,1,4-9H2,(H,16,19). The average molecular weight is 390 g/mol. The van der Waals surface area contributed by atoms with Crippen molar-refractivity contribution in [1.29, 1.82) is 0 Å². The molecule has 0 unspecified atom stereocenters. The number of hydrogen-bond acceptors (Lipinski definition) is 4. The molecule has 2 rings (SSSR count). The molecule has 1 amide bonds. The van der Waals surface area contributed by atoms with E-state index in [-0.39, 0.29) is 11.7 Å². The van der Waals surface area contributed by atoms with Crippen LogP contribution in [0.2, 0.25) is 0 Å². The van der Waals surface area contributed by atoms with Gasteiger partial charge in [-0.1, -0.05) is 0 Å². The molecule has 110 valence electrons. The van der Waals surface area contributed by atoms with Crippen LogP contribution < -0.4 is 5.32 Å². The van der Waals surface area contributed by atoms with Crippen LogP contribution in [0.4, 0.5) is 0 Å². The lowest BCUT2D eigenvalue weighted by Crippen LogP contribution is -2.38. The number of phenols is 1. The summed E-state index contributed by atoms with van der Waals surface area (Å²) in [5.41, 5.74) is 0.495. The lowest BCUT2D eigenvalue weighted by atomic mass is 10.2. The minimum atomic E-state index is -0.140. The van der Waals surface area contributed by atoms with Crippen molar-refractivity contribution >= 4 is 28.5 Å². The molecule has 1 fully saturated rings. The molecule has 1 aromatic carbocycles. The summed E-state index contributed by atoms with van der Waals surface area (Å²) in [6.07, 6.45) is 0.919. The second-order valence-corrected chi connectivity index (χ2v) is 5.89. The molecule has 1 aromatic rings. The highest BCUT2D eigenvalue weighted by Gasteiger charge is 2.10. The first-order chi connectivity index (χ1) is 9.66. The first kappa shape index (κ1) is 15.5. The highest BCUT2D eigenvalue weighted by molar-refractivity contribution is 14.1. The molecule has 6 heteroatoms. The number of nitrogens with one attached hydrogen (secondary N) is 1. The largest absolute Gasteiger partial charge is 0.507 e. The molecule has 2 N–H and O–H groups in total. The van der Waals surface area contributed by atoms with Crippen molar-refractivity contribution < 1.29 is 14.6 Å². The zero-order chi connectivity index (χ0) is 14.4. The summed E-state index contributed by atoms with van der Waals surface area (Å²) in [4.78, 5) is 14.2. The van der Waals surface area contributed by atoms with E-state index < -0.39 is 0 Å². The van der Waals surface area contributed by atoms with Gasteiger partial charge in [0.1, 0.15) is 5.75 Å². The van der Waals surface area contributed by atoms with E-state index in [1.165, 1.54) is 6.07 Å². The maximum absolute atomic E-state index is 11.9. The third kappa shape index (κ3) is 4.60. The van der Waals surface area contributed by atoms with Gasteiger partial charge in [-0.05, 0) is 53.8 Å². The van der Waals surface area contributed by atoms with Crippen LogP contribution in [0.5, 0.6) is 5.75 Å². The highest BCUT2D eigenvalue weighted by atomic mass is 127. The summed E-state index contributed by atoms with van der Waals surface area (Å²) in [6.45, 7) is 5.16. The van der Waals surface area contributed by atoms with Gasteiger partial charge in [0.25, 0.3) is 5.91 Å². The van der Waals surface area contributed by atoms with Crippen LogP contribution in [0.3, 0.4) is 0 Å². The van der Waals surface area contributed by atoms with E-state index in [0.717, 1.165) is 42.8 Å². The number of carbonyl (C=O) groups is 1. The Labute approximate surface area is 132 Å². The van der Waals surface area contributed by atoms with Gasteiger partial charge in [0.2, 0.25) is 0 Å². The molecular formula is C14H19IN2O3. The SMILES string of the molecule is O=C(NCCCN1CCOCC1)c1ccc(I)c(O)c1. The summed E-state index contributed by atoms with van der Waals surface area (Å²) in [7, 11) is 0. The number of rotatable bonds is 5. The number of nitrogens with zero attached hydrogens (tertiary/aromatic N) is 1. The Morgan fingerprint density at radius 2 is 2.15 bits per heavy atom.